The Balaban J connectivity index is 0.000000143. The van der Waals surface area contributed by atoms with E-state index in [2.05, 4.69) is 478 Å². The van der Waals surface area contributed by atoms with Crippen LogP contribution in [-0.2, 0) is 0 Å². The molecule has 0 spiro atoms. The van der Waals surface area contributed by atoms with Crippen LogP contribution in [-0.4, -0.2) is 47.3 Å². The molecule has 584 valence electrons. The van der Waals surface area contributed by atoms with Gasteiger partial charge in [-0.3, -0.25) is 18.3 Å². The van der Waals surface area contributed by atoms with Crippen LogP contribution in [0, 0.1) is 13.8 Å². The van der Waals surface area contributed by atoms with Gasteiger partial charge in [-0.1, -0.05) is 266 Å². The quantitative estimate of drug-likeness (QED) is 0.109. The van der Waals surface area contributed by atoms with Gasteiger partial charge >= 0.3 is 0 Å². The second-order valence-electron chi connectivity index (χ2n) is 31.9. The number of hydrogen-bond donors (Lipinski definition) is 0. The highest BCUT2D eigenvalue weighted by atomic mass is 15.1. The molecule has 0 aliphatic heterocycles. The predicted octanol–water partition coefficient (Wildman–Crippen LogP) is 28.9. The standard InChI is InChI=1S/2C57H39N5/c1-38-26-30-47(31-27-38)60-52-32-28-41(39-14-12-16-43(34-39)56-58-50-22-8-10-24-54(50)61(56)45-18-4-2-5-19-45)36-48(52)49-37-42(29-33-53(49)60)40-15-13-17-44(35-40)57-59-51-23-9-11-25-55(51)62(57)46-20-6-3-7-21-46;1-38-28-32-43(33-29-38)60-52-34-30-39(44-20-8-10-22-46(44)56-58-50-24-12-14-26-54(50)61(56)41-16-4-2-5-17-41)36-48(52)49-37-40(31-35-53(49)60)45-21-9-11-23-47(45)57-59-51-25-13-15-27-55(51)62(57)42-18-6-3-7-19-42/h2*2-37H,1H3. The van der Waals surface area contributed by atoms with Crippen molar-refractivity contribution < 1.29 is 0 Å². The first kappa shape index (κ1) is 72.7. The monoisotopic (exact) mass is 1590 g/mol. The zero-order valence-electron chi connectivity index (χ0n) is 68.0. The van der Waals surface area contributed by atoms with Gasteiger partial charge in [0.15, 0.2) is 0 Å². The second kappa shape index (κ2) is 30.4. The number of rotatable bonds is 14. The summed E-state index contributed by atoms with van der Waals surface area (Å²) in [5.41, 5.74) is 35.2. The first-order valence-corrected chi connectivity index (χ1v) is 42.2. The highest BCUT2D eigenvalue weighted by molar-refractivity contribution is 6.14. The molecule has 0 aliphatic rings. The fourth-order valence-electron chi connectivity index (χ4n) is 18.4. The summed E-state index contributed by atoms with van der Waals surface area (Å²) in [6.45, 7) is 4.28. The zero-order valence-corrected chi connectivity index (χ0v) is 68.0. The Bertz CT molecular complexity index is 7790. The molecule has 24 aromatic rings. The molecule has 0 bridgehead atoms. The van der Waals surface area contributed by atoms with Crippen molar-refractivity contribution in [3.63, 3.8) is 0 Å². The minimum absolute atomic E-state index is 0.913. The normalized spacial score (nSPS) is 11.6. The lowest BCUT2D eigenvalue weighted by atomic mass is 9.95. The Morgan fingerprint density at radius 1 is 0.153 bits per heavy atom. The molecule has 10 heteroatoms. The van der Waals surface area contributed by atoms with Crippen LogP contribution in [0.2, 0.25) is 0 Å². The van der Waals surface area contributed by atoms with Crippen LogP contribution in [0.1, 0.15) is 11.1 Å². The Labute approximate surface area is 716 Å². The van der Waals surface area contributed by atoms with Crippen molar-refractivity contribution in [1.82, 2.24) is 47.3 Å². The van der Waals surface area contributed by atoms with Gasteiger partial charge in [0.25, 0.3) is 0 Å². The highest BCUT2D eigenvalue weighted by Gasteiger charge is 2.25. The van der Waals surface area contributed by atoms with Crippen molar-refractivity contribution in [3.8, 4) is 124 Å². The Hall–Kier alpha value is -16.6. The van der Waals surface area contributed by atoms with Gasteiger partial charge in [0.2, 0.25) is 0 Å². The molecule has 0 saturated carbocycles. The van der Waals surface area contributed by atoms with E-state index in [4.69, 9.17) is 19.9 Å². The minimum Gasteiger partial charge on any atom is -0.309 e. The van der Waals surface area contributed by atoms with Crippen LogP contribution in [0.25, 0.3) is 212 Å². The molecule has 0 atom stereocenters. The van der Waals surface area contributed by atoms with E-state index < -0.39 is 0 Å². The summed E-state index contributed by atoms with van der Waals surface area (Å²) in [4.78, 5) is 20.9. The number of benzene rings is 18. The SMILES string of the molecule is Cc1ccc(-n2c3ccc(-c4cccc(-c5nc6ccccc6n5-c5ccccc5)c4)cc3c3cc(-c4cccc(-c5nc6ccccc6n5-c5ccccc5)c4)ccc32)cc1.Cc1ccc(-n2c3ccc(-c4ccccc4-c4nc5ccccc5n4-c4ccccc4)cc3c3cc(-c4ccccc4-c4nc5ccccc5n4-c4ccccc4)ccc32)cc1. The van der Waals surface area contributed by atoms with Crippen molar-refractivity contribution in [2.45, 2.75) is 13.8 Å². The summed E-state index contributed by atoms with van der Waals surface area (Å²) in [5, 5.41) is 4.76. The molecule has 0 aliphatic carbocycles. The number of para-hydroxylation sites is 12. The van der Waals surface area contributed by atoms with E-state index in [0.717, 1.165) is 190 Å². The molecule has 10 nitrogen and oxygen atoms in total. The van der Waals surface area contributed by atoms with Gasteiger partial charge in [-0.25, -0.2) is 19.9 Å². The molecule has 124 heavy (non-hydrogen) atoms. The number of nitrogens with zero attached hydrogens (tertiary/aromatic N) is 10. The molecule has 0 amide bonds. The van der Waals surface area contributed by atoms with Gasteiger partial charge in [-0.05, 0) is 240 Å². The Morgan fingerprint density at radius 3 is 0.726 bits per heavy atom. The van der Waals surface area contributed by atoms with Crippen molar-refractivity contribution >= 4 is 87.7 Å². The van der Waals surface area contributed by atoms with Gasteiger partial charge in [-0.15, -0.1) is 0 Å². The van der Waals surface area contributed by atoms with E-state index in [1.165, 1.54) is 32.7 Å². The van der Waals surface area contributed by atoms with Gasteiger partial charge in [-0.2, -0.15) is 0 Å². The molecule has 0 saturated heterocycles. The molecule has 0 fully saturated rings. The van der Waals surface area contributed by atoms with Crippen LogP contribution in [0.3, 0.4) is 0 Å². The Kier molecular flexibility index (Phi) is 17.8. The van der Waals surface area contributed by atoms with E-state index in [9.17, 15) is 0 Å². The maximum absolute atomic E-state index is 5.28. The average molecular weight is 1590 g/mol. The van der Waals surface area contributed by atoms with Crippen molar-refractivity contribution in [1.29, 1.82) is 0 Å². The molecule has 6 heterocycles. The summed E-state index contributed by atoms with van der Waals surface area (Å²) >= 11 is 0. The van der Waals surface area contributed by atoms with E-state index in [-0.39, 0.29) is 0 Å². The lowest BCUT2D eigenvalue weighted by Crippen LogP contribution is -1.98. The van der Waals surface area contributed by atoms with Gasteiger partial charge < -0.3 is 9.13 Å². The Morgan fingerprint density at radius 2 is 0.395 bits per heavy atom. The maximum Gasteiger partial charge on any atom is 0.146 e. The topological polar surface area (TPSA) is 81.1 Å². The van der Waals surface area contributed by atoms with Gasteiger partial charge in [0.1, 0.15) is 23.3 Å². The zero-order chi connectivity index (χ0) is 82.3. The minimum atomic E-state index is 0.913. The number of aryl methyl sites for hydroxylation is 2. The first-order chi connectivity index (χ1) is 61.3. The highest BCUT2D eigenvalue weighted by Crippen LogP contribution is 2.45. The maximum atomic E-state index is 5.28. The molecule has 0 N–H and O–H groups in total. The first-order valence-electron chi connectivity index (χ1n) is 42.2. The third kappa shape index (κ3) is 12.7. The fourth-order valence-corrected chi connectivity index (χ4v) is 18.4. The van der Waals surface area contributed by atoms with Gasteiger partial charge in [0.05, 0.1) is 66.2 Å². The second-order valence-corrected chi connectivity index (χ2v) is 31.9. The fraction of sp³-hybridized carbons (Fsp3) is 0.0175. The van der Waals surface area contributed by atoms with Crippen LogP contribution in [0.5, 0.6) is 0 Å². The van der Waals surface area contributed by atoms with Crippen molar-refractivity contribution in [2.75, 3.05) is 0 Å². The largest absolute Gasteiger partial charge is 0.309 e. The van der Waals surface area contributed by atoms with E-state index >= 15 is 0 Å². The van der Waals surface area contributed by atoms with E-state index in [1.54, 1.807) is 0 Å². The lowest BCUT2D eigenvalue weighted by molar-refractivity contribution is 1.10. The van der Waals surface area contributed by atoms with Gasteiger partial charge in [0, 0.05) is 77.9 Å². The molecular weight excluding hydrogens is 1510 g/mol. The summed E-state index contributed by atoms with van der Waals surface area (Å²) in [7, 11) is 0. The van der Waals surface area contributed by atoms with Crippen LogP contribution in [0.4, 0.5) is 0 Å². The van der Waals surface area contributed by atoms with Crippen molar-refractivity contribution in [2.24, 2.45) is 0 Å². The van der Waals surface area contributed by atoms with Crippen LogP contribution < -0.4 is 0 Å². The van der Waals surface area contributed by atoms with Crippen LogP contribution in [0.15, 0.2) is 437 Å². The average Bonchev–Trinajstić information content (AvgIpc) is 1.58. The summed E-state index contributed by atoms with van der Waals surface area (Å²) in [6.07, 6.45) is 0. The smallest absolute Gasteiger partial charge is 0.146 e. The molecule has 0 radical (unpaired) electrons. The number of imidazole rings is 4. The third-order valence-corrected chi connectivity index (χ3v) is 24.3. The molecule has 24 rings (SSSR count). The number of hydrogen-bond acceptors (Lipinski definition) is 4. The molecule has 6 aromatic heterocycles. The van der Waals surface area contributed by atoms with E-state index in [0.29, 0.717) is 0 Å². The van der Waals surface area contributed by atoms with Crippen molar-refractivity contribution in [3.05, 3.63) is 448 Å². The summed E-state index contributed by atoms with van der Waals surface area (Å²) in [6, 6.07) is 156. The molecular formula is C114H78N10. The summed E-state index contributed by atoms with van der Waals surface area (Å²) in [5.74, 6) is 3.66. The van der Waals surface area contributed by atoms with E-state index in [1.807, 2.05) is 0 Å². The summed E-state index contributed by atoms with van der Waals surface area (Å²) < 4.78 is 13.9. The predicted molar refractivity (Wildman–Crippen MR) is 513 cm³/mol. The third-order valence-electron chi connectivity index (χ3n) is 24.3. The number of aromatic nitrogens is 10. The lowest BCUT2D eigenvalue weighted by Gasteiger charge is -2.14. The number of fused-ring (bicyclic) bond motifs is 10. The molecule has 0 unspecified atom stereocenters. The van der Waals surface area contributed by atoms with Crippen LogP contribution >= 0.6 is 0 Å². The molecule has 18 aromatic carbocycles.